The van der Waals surface area contributed by atoms with E-state index < -0.39 is 5.82 Å². The van der Waals surface area contributed by atoms with Gasteiger partial charge in [-0.25, -0.2) is 4.39 Å². The van der Waals surface area contributed by atoms with Crippen molar-refractivity contribution in [1.29, 1.82) is 0 Å². The number of benzene rings is 1. The van der Waals surface area contributed by atoms with Crippen LogP contribution >= 0.6 is 15.9 Å². The molecule has 4 nitrogen and oxygen atoms in total. The Morgan fingerprint density at radius 1 is 1.42 bits per heavy atom. The van der Waals surface area contributed by atoms with Crippen LogP contribution in [0.25, 0.3) is 0 Å². The second-order valence-electron chi connectivity index (χ2n) is 4.01. The average Bonchev–Trinajstić information content (AvgIpc) is 2.40. The van der Waals surface area contributed by atoms with Gasteiger partial charge < -0.3 is 9.64 Å². The van der Waals surface area contributed by atoms with Gasteiger partial charge in [-0.1, -0.05) is 6.07 Å². The quantitative estimate of drug-likeness (QED) is 0.779. The Morgan fingerprint density at radius 3 is 2.74 bits per heavy atom. The Hall–Kier alpha value is -1.43. The van der Waals surface area contributed by atoms with Crippen molar-refractivity contribution < 1.29 is 18.7 Å². The summed E-state index contributed by atoms with van der Waals surface area (Å²) in [6.45, 7) is 0.400. The third-order valence-electron chi connectivity index (χ3n) is 2.63. The number of esters is 1. The Balaban J connectivity index is 2.62. The van der Waals surface area contributed by atoms with Gasteiger partial charge in [0.2, 0.25) is 0 Å². The molecule has 0 aromatic heterocycles. The average molecular weight is 332 g/mol. The number of rotatable bonds is 5. The molecule has 0 aliphatic rings. The van der Waals surface area contributed by atoms with Gasteiger partial charge in [0, 0.05) is 20.0 Å². The molecule has 0 aliphatic carbocycles. The van der Waals surface area contributed by atoms with Crippen molar-refractivity contribution in [2.24, 2.45) is 0 Å². The maximum absolute atomic E-state index is 13.3. The first-order valence-electron chi connectivity index (χ1n) is 5.73. The zero-order valence-corrected chi connectivity index (χ0v) is 12.4. The molecular formula is C13H15BrFNO3. The molecule has 0 atom stereocenters. The molecule has 0 bridgehead atoms. The second-order valence-corrected chi connectivity index (χ2v) is 4.80. The monoisotopic (exact) mass is 331 g/mol. The molecule has 0 saturated carbocycles. The molecule has 0 saturated heterocycles. The standard InChI is InChI=1S/C13H15BrFNO3/c1-16(8-4-7-11(17)19-2)13(18)9-5-3-6-10(15)12(9)14/h3,5-6H,4,7-8H2,1-2H3. The normalized spacial score (nSPS) is 10.1. The van der Waals surface area contributed by atoms with Gasteiger partial charge in [-0.3, -0.25) is 9.59 Å². The van der Waals surface area contributed by atoms with Crippen molar-refractivity contribution in [3.63, 3.8) is 0 Å². The number of carbonyl (C=O) groups excluding carboxylic acids is 2. The van der Waals surface area contributed by atoms with E-state index in [1.807, 2.05) is 0 Å². The number of amides is 1. The molecule has 6 heteroatoms. The largest absolute Gasteiger partial charge is 0.469 e. The van der Waals surface area contributed by atoms with Crippen molar-refractivity contribution in [3.8, 4) is 0 Å². The summed E-state index contributed by atoms with van der Waals surface area (Å²) in [7, 11) is 2.93. The van der Waals surface area contributed by atoms with Gasteiger partial charge in [-0.05, 0) is 34.5 Å². The lowest BCUT2D eigenvalue weighted by atomic mass is 10.2. The molecule has 0 N–H and O–H groups in total. The number of ether oxygens (including phenoxy) is 1. The molecule has 1 amide bonds. The first-order valence-corrected chi connectivity index (χ1v) is 6.53. The van der Waals surface area contributed by atoms with Crippen molar-refractivity contribution >= 4 is 27.8 Å². The lowest BCUT2D eigenvalue weighted by Gasteiger charge is -2.17. The maximum atomic E-state index is 13.3. The van der Waals surface area contributed by atoms with Crippen LogP contribution in [0.15, 0.2) is 22.7 Å². The molecule has 0 fully saturated rings. The zero-order valence-electron chi connectivity index (χ0n) is 10.8. The predicted molar refractivity (Wildman–Crippen MR) is 72.3 cm³/mol. The number of nitrogens with zero attached hydrogens (tertiary/aromatic N) is 1. The van der Waals surface area contributed by atoms with E-state index in [0.29, 0.717) is 13.0 Å². The van der Waals surface area contributed by atoms with E-state index in [2.05, 4.69) is 20.7 Å². The minimum absolute atomic E-state index is 0.153. The lowest BCUT2D eigenvalue weighted by Crippen LogP contribution is -2.28. The van der Waals surface area contributed by atoms with Crippen molar-refractivity contribution in [2.75, 3.05) is 20.7 Å². The van der Waals surface area contributed by atoms with Crippen LogP contribution in [0.3, 0.4) is 0 Å². The SMILES string of the molecule is COC(=O)CCCN(C)C(=O)c1cccc(F)c1Br. The van der Waals surface area contributed by atoms with Crippen LogP contribution < -0.4 is 0 Å². The van der Waals surface area contributed by atoms with Crippen molar-refractivity contribution in [1.82, 2.24) is 4.90 Å². The summed E-state index contributed by atoms with van der Waals surface area (Å²) in [5.41, 5.74) is 0.264. The predicted octanol–water partition coefficient (Wildman–Crippen LogP) is 2.61. The summed E-state index contributed by atoms with van der Waals surface area (Å²) in [5.74, 6) is -1.09. The first-order chi connectivity index (χ1) is 8.97. The van der Waals surface area contributed by atoms with E-state index in [4.69, 9.17) is 0 Å². The summed E-state index contributed by atoms with van der Waals surface area (Å²) >= 11 is 3.06. The number of hydrogen-bond acceptors (Lipinski definition) is 3. The van der Waals surface area contributed by atoms with E-state index >= 15 is 0 Å². The third kappa shape index (κ3) is 4.31. The summed E-state index contributed by atoms with van der Waals surface area (Å²) in [4.78, 5) is 24.5. The Bertz CT molecular complexity index is 479. The molecule has 0 radical (unpaired) electrons. The van der Waals surface area contributed by atoms with Crippen LogP contribution in [-0.2, 0) is 9.53 Å². The van der Waals surface area contributed by atoms with Crippen molar-refractivity contribution in [2.45, 2.75) is 12.8 Å². The summed E-state index contributed by atoms with van der Waals surface area (Å²) in [6, 6.07) is 4.31. The van der Waals surface area contributed by atoms with E-state index in [1.54, 1.807) is 13.1 Å². The number of carbonyl (C=O) groups is 2. The van der Waals surface area contributed by atoms with E-state index in [1.165, 1.54) is 24.1 Å². The van der Waals surface area contributed by atoms with Crippen LogP contribution in [0.4, 0.5) is 4.39 Å². The minimum atomic E-state index is -0.478. The van der Waals surface area contributed by atoms with Crippen LogP contribution in [-0.4, -0.2) is 37.5 Å². The van der Waals surface area contributed by atoms with Gasteiger partial charge in [0.1, 0.15) is 5.82 Å². The molecule has 19 heavy (non-hydrogen) atoms. The highest BCUT2D eigenvalue weighted by Crippen LogP contribution is 2.21. The number of methoxy groups -OCH3 is 1. The summed E-state index contributed by atoms with van der Waals surface area (Å²) in [5, 5.41) is 0. The summed E-state index contributed by atoms with van der Waals surface area (Å²) < 4.78 is 18.0. The van der Waals surface area contributed by atoms with E-state index in [0.717, 1.165) is 0 Å². The highest BCUT2D eigenvalue weighted by molar-refractivity contribution is 9.10. The van der Waals surface area contributed by atoms with Crippen LogP contribution in [0.2, 0.25) is 0 Å². The number of halogens is 2. The van der Waals surface area contributed by atoms with Crippen molar-refractivity contribution in [3.05, 3.63) is 34.1 Å². The molecule has 0 aliphatic heterocycles. The highest BCUT2D eigenvalue weighted by atomic mass is 79.9. The van der Waals surface area contributed by atoms with Gasteiger partial charge in [0.05, 0.1) is 17.1 Å². The first kappa shape index (κ1) is 15.6. The lowest BCUT2D eigenvalue weighted by molar-refractivity contribution is -0.140. The molecule has 104 valence electrons. The van der Waals surface area contributed by atoms with Gasteiger partial charge in [-0.15, -0.1) is 0 Å². The Kier molecular flexibility index (Phi) is 5.95. The minimum Gasteiger partial charge on any atom is -0.469 e. The molecule has 1 rings (SSSR count). The Labute approximate surface area is 119 Å². The fourth-order valence-corrected chi connectivity index (χ4v) is 1.97. The van der Waals surface area contributed by atoms with E-state index in [-0.39, 0.29) is 28.3 Å². The van der Waals surface area contributed by atoms with Crippen LogP contribution in [0.5, 0.6) is 0 Å². The third-order valence-corrected chi connectivity index (χ3v) is 3.44. The van der Waals surface area contributed by atoms with E-state index in [9.17, 15) is 14.0 Å². The summed E-state index contributed by atoms with van der Waals surface area (Å²) in [6.07, 6.45) is 0.750. The highest BCUT2D eigenvalue weighted by Gasteiger charge is 2.17. The van der Waals surface area contributed by atoms with Crippen LogP contribution in [0.1, 0.15) is 23.2 Å². The van der Waals surface area contributed by atoms with Crippen LogP contribution in [0, 0.1) is 5.82 Å². The molecule has 1 aromatic carbocycles. The molecular weight excluding hydrogens is 317 g/mol. The van der Waals surface area contributed by atoms with Gasteiger partial charge in [-0.2, -0.15) is 0 Å². The van der Waals surface area contributed by atoms with Gasteiger partial charge >= 0.3 is 5.97 Å². The topological polar surface area (TPSA) is 46.6 Å². The molecule has 1 aromatic rings. The maximum Gasteiger partial charge on any atom is 0.305 e. The fraction of sp³-hybridized carbons (Fsp3) is 0.385. The zero-order chi connectivity index (χ0) is 14.4. The fourth-order valence-electron chi connectivity index (χ4n) is 1.54. The second kappa shape index (κ2) is 7.23. The van der Waals surface area contributed by atoms with Gasteiger partial charge in [0.15, 0.2) is 0 Å². The molecule has 0 heterocycles. The molecule has 0 unspecified atom stereocenters. The van der Waals surface area contributed by atoms with Gasteiger partial charge in [0.25, 0.3) is 5.91 Å². The number of hydrogen-bond donors (Lipinski definition) is 0. The smallest absolute Gasteiger partial charge is 0.305 e. The Morgan fingerprint density at radius 2 is 2.11 bits per heavy atom. The molecule has 0 spiro atoms.